The molecule has 132 valence electrons. The van der Waals surface area contributed by atoms with E-state index in [0.29, 0.717) is 4.90 Å². The van der Waals surface area contributed by atoms with Crippen molar-refractivity contribution in [3.8, 4) is 0 Å². The maximum atomic E-state index is 13.6. The number of imide groups is 1. The number of hydrogen-bond acceptors (Lipinski definition) is 5. The molecule has 1 aromatic carbocycles. The first-order chi connectivity index (χ1) is 11.8. The third-order valence-corrected chi connectivity index (χ3v) is 4.41. The van der Waals surface area contributed by atoms with E-state index in [0.717, 1.165) is 16.9 Å². The quantitative estimate of drug-likeness (QED) is 0.794. The fraction of sp³-hybridized carbons (Fsp3) is 0.267. The van der Waals surface area contributed by atoms with E-state index >= 15 is 0 Å². The van der Waals surface area contributed by atoms with Gasteiger partial charge in [0.25, 0.3) is 11.6 Å². The summed E-state index contributed by atoms with van der Waals surface area (Å²) in [7, 11) is 0. The fourth-order valence-corrected chi connectivity index (χ4v) is 3.04. The molecule has 0 radical (unpaired) electrons. The van der Waals surface area contributed by atoms with E-state index in [-0.39, 0.29) is 18.1 Å². The first kappa shape index (κ1) is 17.2. The number of carbonyl (C=O) groups excluding carboxylic acids is 2. The summed E-state index contributed by atoms with van der Waals surface area (Å²) in [5, 5.41) is 5.14. The zero-order chi connectivity index (χ0) is 18.1. The number of benzene rings is 1. The van der Waals surface area contributed by atoms with Crippen LogP contribution in [-0.4, -0.2) is 40.2 Å². The second-order valence-corrected chi connectivity index (χ2v) is 6.23. The van der Waals surface area contributed by atoms with Crippen molar-refractivity contribution < 1.29 is 22.8 Å². The van der Waals surface area contributed by atoms with Gasteiger partial charge in [0.1, 0.15) is 0 Å². The molecule has 2 N–H and O–H groups in total. The molecule has 0 unspecified atom stereocenters. The number of carbonyl (C=O) groups is 2. The number of urea groups is 1. The van der Waals surface area contributed by atoms with Gasteiger partial charge in [-0.15, -0.1) is 11.3 Å². The zero-order valence-electron chi connectivity index (χ0n) is 12.7. The molecule has 3 rings (SSSR count). The van der Waals surface area contributed by atoms with Gasteiger partial charge in [0.05, 0.1) is 0 Å². The SMILES string of the molecule is O=C1N[C@](Nc2nccs2)(C(F)(F)F)C(=O)N1CCc1ccccc1. The van der Waals surface area contributed by atoms with Crippen molar-refractivity contribution in [2.75, 3.05) is 11.9 Å². The van der Waals surface area contributed by atoms with Crippen molar-refractivity contribution in [3.63, 3.8) is 0 Å². The molecule has 25 heavy (non-hydrogen) atoms. The van der Waals surface area contributed by atoms with Crippen LogP contribution in [-0.2, 0) is 11.2 Å². The predicted molar refractivity (Wildman–Crippen MR) is 84.9 cm³/mol. The molecule has 1 aliphatic rings. The summed E-state index contributed by atoms with van der Waals surface area (Å²) in [5.74, 6) is -1.39. The van der Waals surface area contributed by atoms with Gasteiger partial charge in [0, 0.05) is 18.1 Å². The molecule has 0 saturated carbocycles. The molecular formula is C15H13F3N4O2S. The topological polar surface area (TPSA) is 74.3 Å². The zero-order valence-corrected chi connectivity index (χ0v) is 13.5. The number of hydrogen-bond donors (Lipinski definition) is 2. The number of anilines is 1. The van der Waals surface area contributed by atoms with E-state index in [1.807, 2.05) is 5.32 Å². The van der Waals surface area contributed by atoms with Crippen molar-refractivity contribution in [1.29, 1.82) is 0 Å². The Labute approximate surface area is 144 Å². The van der Waals surface area contributed by atoms with Crippen molar-refractivity contribution >= 4 is 28.4 Å². The van der Waals surface area contributed by atoms with Crippen LogP contribution >= 0.6 is 11.3 Å². The van der Waals surface area contributed by atoms with Crippen LogP contribution in [0.25, 0.3) is 0 Å². The van der Waals surface area contributed by atoms with Gasteiger partial charge < -0.3 is 5.32 Å². The molecule has 10 heteroatoms. The molecule has 1 atom stereocenters. The van der Waals surface area contributed by atoms with Crippen LogP contribution in [0.3, 0.4) is 0 Å². The standard InChI is InChI=1S/C15H13F3N4O2S/c16-15(17,18)14(20-12-19-7-9-25-12)11(23)22(13(24)21-14)8-6-10-4-2-1-3-5-10/h1-5,7,9H,6,8H2,(H,19,20)(H,21,24)/t14-/m0/s1. The van der Waals surface area contributed by atoms with Gasteiger partial charge in [0.2, 0.25) is 0 Å². The Balaban J connectivity index is 1.83. The summed E-state index contributed by atoms with van der Waals surface area (Å²) >= 11 is 0.895. The van der Waals surface area contributed by atoms with Gasteiger partial charge in [-0.25, -0.2) is 9.78 Å². The third kappa shape index (κ3) is 3.16. The second-order valence-electron chi connectivity index (χ2n) is 5.33. The molecule has 1 aromatic heterocycles. The lowest BCUT2D eigenvalue weighted by Gasteiger charge is -2.29. The summed E-state index contributed by atoms with van der Waals surface area (Å²) < 4.78 is 40.9. The van der Waals surface area contributed by atoms with Gasteiger partial charge in [-0.2, -0.15) is 13.2 Å². The first-order valence-electron chi connectivity index (χ1n) is 7.26. The highest BCUT2D eigenvalue weighted by atomic mass is 32.1. The molecule has 6 nitrogen and oxygen atoms in total. The predicted octanol–water partition coefficient (Wildman–Crippen LogP) is 2.61. The minimum absolute atomic E-state index is 0.115. The average Bonchev–Trinajstić information content (AvgIpc) is 3.14. The number of aromatic nitrogens is 1. The molecule has 3 amide bonds. The maximum absolute atomic E-state index is 13.6. The second kappa shape index (κ2) is 6.36. The number of alkyl halides is 3. The fourth-order valence-electron chi connectivity index (χ4n) is 2.46. The number of rotatable bonds is 5. The van der Waals surface area contributed by atoms with Gasteiger partial charge in [0.15, 0.2) is 5.13 Å². The number of halogens is 3. The van der Waals surface area contributed by atoms with Crippen molar-refractivity contribution in [3.05, 3.63) is 47.5 Å². The lowest BCUT2D eigenvalue weighted by Crippen LogP contribution is -2.64. The van der Waals surface area contributed by atoms with Gasteiger partial charge >= 0.3 is 12.2 Å². The normalized spacial score (nSPS) is 20.7. The molecular weight excluding hydrogens is 357 g/mol. The Hall–Kier alpha value is -2.62. The Bertz CT molecular complexity index is 767. The summed E-state index contributed by atoms with van der Waals surface area (Å²) in [6.07, 6.45) is -3.48. The van der Waals surface area contributed by atoms with Gasteiger partial charge in [-0.05, 0) is 12.0 Å². The lowest BCUT2D eigenvalue weighted by atomic mass is 10.1. The van der Waals surface area contributed by atoms with Crippen LogP contribution in [0.2, 0.25) is 0 Å². The summed E-state index contributed by atoms with van der Waals surface area (Å²) in [5.41, 5.74) is -2.40. The highest BCUT2D eigenvalue weighted by molar-refractivity contribution is 7.13. The number of nitrogens with one attached hydrogen (secondary N) is 2. The Morgan fingerprint density at radius 1 is 1.24 bits per heavy atom. The summed E-state index contributed by atoms with van der Waals surface area (Å²) in [4.78, 5) is 28.8. The smallest absolute Gasteiger partial charge is 0.323 e. The van der Waals surface area contributed by atoms with E-state index in [9.17, 15) is 22.8 Å². The number of nitrogens with zero attached hydrogens (tertiary/aromatic N) is 2. The minimum Gasteiger partial charge on any atom is -0.323 e. The monoisotopic (exact) mass is 370 g/mol. The van der Waals surface area contributed by atoms with Crippen LogP contribution in [0.1, 0.15) is 5.56 Å². The minimum atomic E-state index is -5.03. The van der Waals surface area contributed by atoms with Gasteiger partial charge in [-0.3, -0.25) is 15.0 Å². The molecule has 0 spiro atoms. The largest absolute Gasteiger partial charge is 0.440 e. The first-order valence-corrected chi connectivity index (χ1v) is 8.14. The van der Waals surface area contributed by atoms with E-state index in [1.54, 1.807) is 35.6 Å². The van der Waals surface area contributed by atoms with E-state index in [1.165, 1.54) is 11.6 Å². The Morgan fingerprint density at radius 3 is 2.56 bits per heavy atom. The maximum Gasteiger partial charge on any atom is 0.440 e. The van der Waals surface area contributed by atoms with Crippen LogP contribution < -0.4 is 10.6 Å². The van der Waals surface area contributed by atoms with Gasteiger partial charge in [-0.1, -0.05) is 30.3 Å². The number of amides is 3. The van der Waals surface area contributed by atoms with Crippen molar-refractivity contribution in [1.82, 2.24) is 15.2 Å². The van der Waals surface area contributed by atoms with Crippen LogP contribution in [0, 0.1) is 0 Å². The molecule has 2 heterocycles. The third-order valence-electron chi connectivity index (χ3n) is 3.72. The lowest BCUT2D eigenvalue weighted by molar-refractivity contribution is -0.188. The molecule has 1 fully saturated rings. The van der Waals surface area contributed by atoms with E-state index < -0.39 is 23.8 Å². The average molecular weight is 370 g/mol. The summed E-state index contributed by atoms with van der Waals surface area (Å²) in [6, 6.07) is 7.77. The highest BCUT2D eigenvalue weighted by Crippen LogP contribution is 2.37. The van der Waals surface area contributed by atoms with E-state index in [2.05, 4.69) is 4.98 Å². The van der Waals surface area contributed by atoms with Crippen molar-refractivity contribution in [2.24, 2.45) is 0 Å². The molecule has 0 aliphatic carbocycles. The van der Waals surface area contributed by atoms with Crippen LogP contribution in [0.5, 0.6) is 0 Å². The molecule has 2 aromatic rings. The molecule has 0 bridgehead atoms. The Kier molecular flexibility index (Phi) is 4.38. The van der Waals surface area contributed by atoms with Crippen LogP contribution in [0.4, 0.5) is 23.1 Å². The van der Waals surface area contributed by atoms with Crippen molar-refractivity contribution in [2.45, 2.75) is 18.3 Å². The highest BCUT2D eigenvalue weighted by Gasteiger charge is 2.68. The van der Waals surface area contributed by atoms with Crippen LogP contribution in [0.15, 0.2) is 41.9 Å². The number of thiazole rings is 1. The molecule has 1 aliphatic heterocycles. The Morgan fingerprint density at radius 2 is 1.96 bits per heavy atom. The molecule has 1 saturated heterocycles. The summed E-state index contributed by atoms with van der Waals surface area (Å²) in [6.45, 7) is -0.161. The van der Waals surface area contributed by atoms with E-state index in [4.69, 9.17) is 0 Å².